The van der Waals surface area contributed by atoms with Crippen LogP contribution in [-0.4, -0.2) is 28.9 Å². The second-order valence-corrected chi connectivity index (χ2v) is 8.27. The van der Waals surface area contributed by atoms with Crippen LogP contribution in [0.5, 0.6) is 0 Å². The highest BCUT2D eigenvalue weighted by molar-refractivity contribution is 6.30. The molecule has 1 N–H and O–H groups in total. The molecule has 0 atom stereocenters. The minimum atomic E-state index is -0.0745. The number of aromatic nitrogens is 1. The molecule has 5 heteroatoms. The maximum atomic E-state index is 12.2. The summed E-state index contributed by atoms with van der Waals surface area (Å²) in [6, 6.07) is 20.3. The topological polar surface area (TPSA) is 45.2 Å². The molecule has 30 heavy (non-hydrogen) atoms. The number of amides is 1. The molecule has 0 unspecified atom stereocenters. The van der Waals surface area contributed by atoms with Crippen LogP contribution in [0.1, 0.15) is 45.8 Å². The maximum absolute atomic E-state index is 12.2. The van der Waals surface area contributed by atoms with Crippen molar-refractivity contribution >= 4 is 17.5 Å². The Labute approximate surface area is 182 Å². The van der Waals surface area contributed by atoms with Gasteiger partial charge in [0.15, 0.2) is 0 Å². The maximum Gasteiger partial charge on any atom is 0.251 e. The van der Waals surface area contributed by atoms with Gasteiger partial charge in [-0.15, -0.1) is 0 Å². The van der Waals surface area contributed by atoms with Crippen molar-refractivity contribution in [2.24, 2.45) is 0 Å². The van der Waals surface area contributed by atoms with Gasteiger partial charge in [0.2, 0.25) is 0 Å². The Bertz CT molecular complexity index is 950. The summed E-state index contributed by atoms with van der Waals surface area (Å²) in [5.41, 5.74) is 4.45. The Balaban J connectivity index is 1.25. The SMILES string of the molecule is O=C(NCc1ccc(C2CCN(Cc3ccc(Cl)cc3)CC2)cc1)c1ccncc1. The number of hydrogen-bond donors (Lipinski definition) is 1. The van der Waals surface area contributed by atoms with Gasteiger partial charge in [0.25, 0.3) is 5.91 Å². The minimum absolute atomic E-state index is 0.0745. The number of halogens is 1. The molecule has 1 saturated heterocycles. The molecule has 0 saturated carbocycles. The van der Waals surface area contributed by atoms with Gasteiger partial charge in [-0.2, -0.15) is 0 Å². The number of carbonyl (C=O) groups excluding carboxylic acids is 1. The molecule has 0 aliphatic carbocycles. The molecule has 1 fully saturated rings. The van der Waals surface area contributed by atoms with Crippen molar-refractivity contribution in [2.45, 2.75) is 31.8 Å². The fraction of sp³-hybridized carbons (Fsp3) is 0.280. The Morgan fingerprint density at radius 3 is 2.23 bits per heavy atom. The standard InChI is InChI=1S/C25H26ClN3O/c26-24-7-3-20(4-8-24)18-29-15-11-22(12-16-29)21-5-1-19(2-6-21)17-28-25(30)23-9-13-27-14-10-23/h1-10,13-14,22H,11-12,15-18H2,(H,28,30). The van der Waals surface area contributed by atoms with Crippen LogP contribution in [0.2, 0.25) is 5.02 Å². The number of nitrogens with one attached hydrogen (secondary N) is 1. The lowest BCUT2D eigenvalue weighted by atomic mass is 9.89. The largest absolute Gasteiger partial charge is 0.348 e. The smallest absolute Gasteiger partial charge is 0.251 e. The first-order valence-electron chi connectivity index (χ1n) is 10.4. The third kappa shape index (κ3) is 5.47. The number of nitrogens with zero attached hydrogens (tertiary/aromatic N) is 2. The predicted molar refractivity (Wildman–Crippen MR) is 121 cm³/mol. The Kier molecular flexibility index (Phi) is 6.77. The van der Waals surface area contributed by atoms with Crippen LogP contribution < -0.4 is 5.32 Å². The van der Waals surface area contributed by atoms with E-state index in [1.165, 1.54) is 24.0 Å². The van der Waals surface area contributed by atoms with Crippen LogP contribution in [0, 0.1) is 0 Å². The monoisotopic (exact) mass is 419 g/mol. The fourth-order valence-electron chi connectivity index (χ4n) is 3.97. The highest BCUT2D eigenvalue weighted by Crippen LogP contribution is 2.29. The van der Waals surface area contributed by atoms with Crippen molar-refractivity contribution in [1.82, 2.24) is 15.2 Å². The van der Waals surface area contributed by atoms with Crippen molar-refractivity contribution in [1.29, 1.82) is 0 Å². The number of rotatable bonds is 6. The zero-order valence-corrected chi connectivity index (χ0v) is 17.7. The lowest BCUT2D eigenvalue weighted by Gasteiger charge is -2.32. The number of benzene rings is 2. The summed E-state index contributed by atoms with van der Waals surface area (Å²) in [4.78, 5) is 18.6. The van der Waals surface area contributed by atoms with Gasteiger partial charge in [-0.25, -0.2) is 0 Å². The zero-order chi connectivity index (χ0) is 20.8. The molecule has 3 aromatic rings. The second-order valence-electron chi connectivity index (χ2n) is 7.84. The van der Waals surface area contributed by atoms with Crippen molar-refractivity contribution in [2.75, 3.05) is 13.1 Å². The molecule has 0 radical (unpaired) electrons. The number of hydrogen-bond acceptors (Lipinski definition) is 3. The van der Waals surface area contributed by atoms with Gasteiger partial charge in [-0.05, 0) is 72.8 Å². The number of piperidine rings is 1. The average Bonchev–Trinajstić information content (AvgIpc) is 2.80. The van der Waals surface area contributed by atoms with Gasteiger partial charge >= 0.3 is 0 Å². The summed E-state index contributed by atoms with van der Waals surface area (Å²) in [5.74, 6) is 0.529. The molecule has 1 aliphatic rings. The summed E-state index contributed by atoms with van der Waals surface area (Å²) in [6.07, 6.45) is 5.60. The van der Waals surface area contributed by atoms with E-state index in [4.69, 9.17) is 11.6 Å². The highest BCUT2D eigenvalue weighted by atomic mass is 35.5. The lowest BCUT2D eigenvalue weighted by molar-refractivity contribution is 0.0951. The van der Waals surface area contributed by atoms with Crippen LogP contribution >= 0.6 is 11.6 Å². The van der Waals surface area contributed by atoms with Gasteiger partial charge in [0.1, 0.15) is 0 Å². The molecular formula is C25H26ClN3O. The van der Waals surface area contributed by atoms with E-state index in [0.29, 0.717) is 18.0 Å². The van der Waals surface area contributed by atoms with E-state index < -0.39 is 0 Å². The van der Waals surface area contributed by atoms with E-state index in [2.05, 4.69) is 51.6 Å². The zero-order valence-electron chi connectivity index (χ0n) is 16.9. The van der Waals surface area contributed by atoms with Gasteiger partial charge in [-0.1, -0.05) is 48.0 Å². The number of likely N-dealkylation sites (tertiary alicyclic amines) is 1. The molecule has 2 heterocycles. The summed E-state index contributed by atoms with van der Waals surface area (Å²) in [5, 5.41) is 3.75. The van der Waals surface area contributed by atoms with E-state index in [1.54, 1.807) is 24.5 Å². The van der Waals surface area contributed by atoms with Crippen LogP contribution in [-0.2, 0) is 13.1 Å². The third-order valence-electron chi connectivity index (χ3n) is 5.75. The molecule has 2 aromatic carbocycles. The van der Waals surface area contributed by atoms with Crippen LogP contribution in [0.15, 0.2) is 73.1 Å². The van der Waals surface area contributed by atoms with E-state index in [1.807, 2.05) is 12.1 Å². The van der Waals surface area contributed by atoms with Crippen LogP contribution in [0.25, 0.3) is 0 Å². The van der Waals surface area contributed by atoms with Crippen molar-refractivity contribution in [3.63, 3.8) is 0 Å². The fourth-order valence-corrected chi connectivity index (χ4v) is 4.09. The van der Waals surface area contributed by atoms with E-state index in [0.717, 1.165) is 30.2 Å². The quantitative estimate of drug-likeness (QED) is 0.608. The van der Waals surface area contributed by atoms with Crippen molar-refractivity contribution in [3.8, 4) is 0 Å². The molecule has 1 aromatic heterocycles. The van der Waals surface area contributed by atoms with Crippen LogP contribution in [0.3, 0.4) is 0 Å². The van der Waals surface area contributed by atoms with Crippen molar-refractivity contribution in [3.05, 3.63) is 100 Å². The molecule has 0 bridgehead atoms. The molecule has 1 amide bonds. The highest BCUT2D eigenvalue weighted by Gasteiger charge is 2.20. The molecule has 1 aliphatic heterocycles. The second kappa shape index (κ2) is 9.88. The Morgan fingerprint density at radius 1 is 0.933 bits per heavy atom. The van der Waals surface area contributed by atoms with E-state index in [-0.39, 0.29) is 5.91 Å². The van der Waals surface area contributed by atoms with Gasteiger partial charge in [0, 0.05) is 36.1 Å². The molecule has 154 valence electrons. The van der Waals surface area contributed by atoms with E-state index >= 15 is 0 Å². The average molecular weight is 420 g/mol. The van der Waals surface area contributed by atoms with E-state index in [9.17, 15) is 4.79 Å². The Morgan fingerprint density at radius 2 is 1.57 bits per heavy atom. The molecule has 4 nitrogen and oxygen atoms in total. The van der Waals surface area contributed by atoms with Gasteiger partial charge < -0.3 is 5.32 Å². The molecular weight excluding hydrogens is 394 g/mol. The van der Waals surface area contributed by atoms with Crippen molar-refractivity contribution < 1.29 is 4.79 Å². The van der Waals surface area contributed by atoms with Crippen LogP contribution in [0.4, 0.5) is 0 Å². The lowest BCUT2D eigenvalue weighted by Crippen LogP contribution is -2.32. The third-order valence-corrected chi connectivity index (χ3v) is 6.01. The summed E-state index contributed by atoms with van der Waals surface area (Å²) >= 11 is 5.98. The summed E-state index contributed by atoms with van der Waals surface area (Å²) < 4.78 is 0. The molecule has 0 spiro atoms. The molecule has 4 rings (SSSR count). The first kappa shape index (κ1) is 20.6. The van der Waals surface area contributed by atoms with Gasteiger partial charge in [0.05, 0.1) is 0 Å². The number of carbonyl (C=O) groups is 1. The first-order chi connectivity index (χ1) is 14.7. The normalized spacial score (nSPS) is 15.1. The Hall–Kier alpha value is -2.69. The first-order valence-corrected chi connectivity index (χ1v) is 10.8. The summed E-state index contributed by atoms with van der Waals surface area (Å²) in [7, 11) is 0. The van der Waals surface area contributed by atoms with Gasteiger partial charge in [-0.3, -0.25) is 14.7 Å². The predicted octanol–water partition coefficient (Wildman–Crippen LogP) is 5.04. The minimum Gasteiger partial charge on any atom is -0.348 e. The number of pyridine rings is 1. The summed E-state index contributed by atoms with van der Waals surface area (Å²) in [6.45, 7) is 3.73.